The van der Waals surface area contributed by atoms with Crippen LogP contribution in [0.25, 0.3) is 0 Å². The van der Waals surface area contributed by atoms with E-state index in [1.54, 1.807) is 0 Å². The van der Waals surface area contributed by atoms with E-state index >= 15 is 0 Å². The summed E-state index contributed by atoms with van der Waals surface area (Å²) in [5.74, 6) is 0. The van der Waals surface area contributed by atoms with Crippen molar-refractivity contribution in [2.24, 2.45) is 5.41 Å². The summed E-state index contributed by atoms with van der Waals surface area (Å²) in [4.78, 5) is 0. The highest BCUT2D eigenvalue weighted by atomic mass is 35.5. The highest BCUT2D eigenvalue weighted by molar-refractivity contribution is 6.30. The van der Waals surface area contributed by atoms with Gasteiger partial charge in [0.15, 0.2) is 0 Å². The first-order valence-electron chi connectivity index (χ1n) is 5.90. The van der Waals surface area contributed by atoms with E-state index in [9.17, 15) is 5.11 Å². The van der Waals surface area contributed by atoms with Crippen LogP contribution in [0.15, 0.2) is 24.3 Å². The molecule has 1 atom stereocenters. The number of hydrogen-bond acceptors (Lipinski definition) is 1. The molecular formula is C14H19ClO. The highest BCUT2D eigenvalue weighted by Crippen LogP contribution is 2.47. The summed E-state index contributed by atoms with van der Waals surface area (Å²) in [5.41, 5.74) is 0.634. The van der Waals surface area contributed by atoms with Crippen molar-refractivity contribution in [2.75, 3.05) is 0 Å². The standard InChI is InChI=1S/C14H19ClO/c1-13(2)8-3-9-14(13,16)10-11-4-6-12(15)7-5-11/h4-7,16H,3,8-10H2,1-2H3. The number of benzene rings is 1. The number of aliphatic hydroxyl groups is 1. The molecule has 0 bridgehead atoms. The monoisotopic (exact) mass is 238 g/mol. The van der Waals surface area contributed by atoms with Gasteiger partial charge in [0.2, 0.25) is 0 Å². The van der Waals surface area contributed by atoms with E-state index in [0.29, 0.717) is 0 Å². The maximum absolute atomic E-state index is 10.7. The van der Waals surface area contributed by atoms with Crippen molar-refractivity contribution in [3.05, 3.63) is 34.9 Å². The van der Waals surface area contributed by atoms with Gasteiger partial charge >= 0.3 is 0 Å². The van der Waals surface area contributed by atoms with Crippen LogP contribution >= 0.6 is 11.6 Å². The van der Waals surface area contributed by atoms with Crippen LogP contribution < -0.4 is 0 Å². The Balaban J connectivity index is 2.18. The Morgan fingerprint density at radius 2 is 1.81 bits per heavy atom. The molecule has 0 aromatic heterocycles. The van der Waals surface area contributed by atoms with E-state index < -0.39 is 5.60 Å². The molecule has 0 heterocycles. The van der Waals surface area contributed by atoms with Gasteiger partial charge in [0.1, 0.15) is 0 Å². The van der Waals surface area contributed by atoms with Gasteiger partial charge in [-0.15, -0.1) is 0 Å². The van der Waals surface area contributed by atoms with Crippen LogP contribution in [-0.2, 0) is 6.42 Å². The Hall–Kier alpha value is -0.530. The third kappa shape index (κ3) is 2.11. The van der Waals surface area contributed by atoms with E-state index in [-0.39, 0.29) is 5.41 Å². The van der Waals surface area contributed by atoms with Gasteiger partial charge in [-0.2, -0.15) is 0 Å². The summed E-state index contributed by atoms with van der Waals surface area (Å²) >= 11 is 5.86. The van der Waals surface area contributed by atoms with Gasteiger partial charge in [-0.3, -0.25) is 0 Å². The van der Waals surface area contributed by atoms with E-state index in [2.05, 4.69) is 13.8 Å². The maximum Gasteiger partial charge on any atom is 0.0738 e. The number of rotatable bonds is 2. The molecule has 1 aliphatic rings. The van der Waals surface area contributed by atoms with Gasteiger partial charge in [-0.25, -0.2) is 0 Å². The smallest absolute Gasteiger partial charge is 0.0738 e. The van der Waals surface area contributed by atoms with E-state index in [0.717, 1.165) is 30.7 Å². The molecule has 0 amide bonds. The van der Waals surface area contributed by atoms with Crippen molar-refractivity contribution in [2.45, 2.75) is 45.1 Å². The van der Waals surface area contributed by atoms with Gasteiger partial charge in [0.25, 0.3) is 0 Å². The lowest BCUT2D eigenvalue weighted by Crippen LogP contribution is -2.41. The zero-order chi connectivity index (χ0) is 11.8. The normalized spacial score (nSPS) is 28.2. The molecule has 2 rings (SSSR count). The van der Waals surface area contributed by atoms with Crippen molar-refractivity contribution in [3.63, 3.8) is 0 Å². The topological polar surface area (TPSA) is 20.2 Å². The van der Waals surface area contributed by atoms with Crippen LogP contribution in [0.5, 0.6) is 0 Å². The van der Waals surface area contributed by atoms with Gasteiger partial charge < -0.3 is 5.11 Å². The maximum atomic E-state index is 10.7. The zero-order valence-corrected chi connectivity index (χ0v) is 10.7. The minimum absolute atomic E-state index is 0.0205. The predicted molar refractivity (Wildman–Crippen MR) is 67.7 cm³/mol. The molecule has 1 N–H and O–H groups in total. The molecule has 0 spiro atoms. The van der Waals surface area contributed by atoms with Crippen LogP contribution in [0.4, 0.5) is 0 Å². The zero-order valence-electron chi connectivity index (χ0n) is 9.96. The Morgan fingerprint density at radius 1 is 1.19 bits per heavy atom. The molecule has 0 saturated heterocycles. The number of halogens is 1. The molecule has 0 radical (unpaired) electrons. The molecule has 1 aliphatic carbocycles. The third-order valence-electron chi connectivity index (χ3n) is 4.06. The molecule has 0 aliphatic heterocycles. The summed E-state index contributed by atoms with van der Waals surface area (Å²) in [6.45, 7) is 4.33. The van der Waals surface area contributed by atoms with Gasteiger partial charge in [-0.05, 0) is 42.4 Å². The van der Waals surface area contributed by atoms with Gasteiger partial charge in [0, 0.05) is 11.4 Å². The minimum Gasteiger partial charge on any atom is -0.389 e. The van der Waals surface area contributed by atoms with E-state index in [1.807, 2.05) is 24.3 Å². The lowest BCUT2D eigenvalue weighted by Gasteiger charge is -2.37. The Bertz CT molecular complexity index is 369. The lowest BCUT2D eigenvalue weighted by atomic mass is 9.74. The second-order valence-corrected chi connectivity index (χ2v) is 6.01. The molecule has 88 valence electrons. The van der Waals surface area contributed by atoms with Crippen molar-refractivity contribution in [1.29, 1.82) is 0 Å². The second-order valence-electron chi connectivity index (χ2n) is 5.57. The molecule has 1 fully saturated rings. The number of hydrogen-bond donors (Lipinski definition) is 1. The molecule has 1 aromatic rings. The summed E-state index contributed by atoms with van der Waals surface area (Å²) in [6.07, 6.45) is 3.87. The average molecular weight is 239 g/mol. The first kappa shape index (κ1) is 11.9. The molecule has 1 aromatic carbocycles. The molecule has 1 nitrogen and oxygen atoms in total. The fourth-order valence-corrected chi connectivity index (χ4v) is 2.79. The first-order valence-corrected chi connectivity index (χ1v) is 6.28. The largest absolute Gasteiger partial charge is 0.389 e. The van der Waals surface area contributed by atoms with Crippen LogP contribution in [0, 0.1) is 5.41 Å². The predicted octanol–water partition coefficient (Wildman–Crippen LogP) is 3.82. The summed E-state index contributed by atoms with van der Waals surface area (Å²) < 4.78 is 0. The summed E-state index contributed by atoms with van der Waals surface area (Å²) in [7, 11) is 0. The lowest BCUT2D eigenvalue weighted by molar-refractivity contribution is -0.0419. The Morgan fingerprint density at radius 3 is 2.31 bits per heavy atom. The van der Waals surface area contributed by atoms with Crippen molar-refractivity contribution >= 4 is 11.6 Å². The summed E-state index contributed by atoms with van der Waals surface area (Å²) in [5, 5.41) is 11.5. The van der Waals surface area contributed by atoms with Crippen molar-refractivity contribution in [1.82, 2.24) is 0 Å². The average Bonchev–Trinajstić information content (AvgIpc) is 2.45. The summed E-state index contributed by atoms with van der Waals surface area (Å²) in [6, 6.07) is 7.80. The van der Waals surface area contributed by atoms with E-state index in [1.165, 1.54) is 5.56 Å². The SMILES string of the molecule is CC1(C)CCCC1(O)Cc1ccc(Cl)cc1. The van der Waals surface area contributed by atoms with Crippen LogP contribution in [-0.4, -0.2) is 10.7 Å². The van der Waals surface area contributed by atoms with Crippen molar-refractivity contribution < 1.29 is 5.11 Å². The third-order valence-corrected chi connectivity index (χ3v) is 4.31. The van der Waals surface area contributed by atoms with Crippen LogP contribution in [0.1, 0.15) is 38.7 Å². The quantitative estimate of drug-likeness (QED) is 0.831. The molecule has 1 unspecified atom stereocenters. The van der Waals surface area contributed by atoms with Crippen LogP contribution in [0.2, 0.25) is 5.02 Å². The fourth-order valence-electron chi connectivity index (χ4n) is 2.66. The minimum atomic E-state index is -0.555. The molecular weight excluding hydrogens is 220 g/mol. The van der Waals surface area contributed by atoms with Gasteiger partial charge in [0.05, 0.1) is 5.60 Å². The second kappa shape index (κ2) is 4.05. The highest BCUT2D eigenvalue weighted by Gasteiger charge is 2.47. The first-order chi connectivity index (χ1) is 7.43. The molecule has 1 saturated carbocycles. The van der Waals surface area contributed by atoms with Gasteiger partial charge in [-0.1, -0.05) is 37.6 Å². The molecule has 2 heteroatoms. The molecule has 16 heavy (non-hydrogen) atoms. The van der Waals surface area contributed by atoms with Crippen molar-refractivity contribution in [3.8, 4) is 0 Å². The Labute approximate surface area is 102 Å². The fraction of sp³-hybridized carbons (Fsp3) is 0.571. The van der Waals surface area contributed by atoms with E-state index in [4.69, 9.17) is 11.6 Å². The van der Waals surface area contributed by atoms with Crippen LogP contribution in [0.3, 0.4) is 0 Å². The Kier molecular flexibility index (Phi) is 3.02.